The van der Waals surface area contributed by atoms with Crippen molar-refractivity contribution in [3.05, 3.63) is 236 Å². The molecule has 69 heavy (non-hydrogen) atoms. The number of rotatable bonds is 7. The van der Waals surface area contributed by atoms with Crippen LogP contribution >= 0.6 is 0 Å². The van der Waals surface area contributed by atoms with Crippen LogP contribution in [0.3, 0.4) is 0 Å². The van der Waals surface area contributed by atoms with Crippen molar-refractivity contribution >= 4 is 65.6 Å². The molecule has 0 N–H and O–H groups in total. The molecule has 14 aromatic rings. The van der Waals surface area contributed by atoms with Crippen LogP contribution in [0.25, 0.3) is 133 Å². The van der Waals surface area contributed by atoms with Gasteiger partial charge in [-0.15, -0.1) is 0 Å². The molecule has 0 bridgehead atoms. The number of para-hydroxylation sites is 4. The monoisotopic (exact) mass is 886 g/mol. The highest BCUT2D eigenvalue weighted by atomic mass is 16.3. The van der Waals surface area contributed by atoms with Gasteiger partial charge < -0.3 is 13.6 Å². The Labute approximate surface area is 403 Å². The summed E-state index contributed by atoms with van der Waals surface area (Å²) in [5, 5.41) is 5.88. The van der Waals surface area contributed by atoms with Crippen LogP contribution in [-0.2, 0) is 0 Å². The molecule has 0 fully saturated rings. The molecule has 0 radical (unpaired) electrons. The lowest BCUT2D eigenvalue weighted by Crippen LogP contribution is -2.01. The largest absolute Gasteiger partial charge is 0.455 e. The number of fused-ring (bicyclic) bond motifs is 9. The summed E-state index contributed by atoms with van der Waals surface area (Å²) in [5.41, 5.74) is 12.4. The van der Waals surface area contributed by atoms with Gasteiger partial charge in [-0.1, -0.05) is 158 Å². The van der Waals surface area contributed by atoms with Gasteiger partial charge in [0.15, 0.2) is 17.5 Å². The number of hydrogen-bond donors (Lipinski definition) is 0. The molecule has 0 saturated carbocycles. The molecule has 0 spiro atoms. The minimum atomic E-state index is -0.507. The van der Waals surface area contributed by atoms with Gasteiger partial charge in [-0.05, 0) is 101 Å². The number of hydrogen-bond acceptors (Lipinski definition) is 4. The standard InChI is InChI=1S/C63H39N5O/c1-4-17-40(18-5-1)42-21-16-22-43(35-42)44-32-34-59-52(36-44)53-38-47(68-55-28-13-10-25-48(55)49-26-11-14-29-56(49)68)39-54(60(53)69-59)63-65-61(41-19-6-2-7-20-41)64-62(66-63)45-31-33-58-51(37-45)50-27-12-15-30-57(50)67(58)46-23-8-3-9-24-46/h1-39H/i2D,6D,7D,19D,20D. The highest BCUT2D eigenvalue weighted by Gasteiger charge is 2.23. The van der Waals surface area contributed by atoms with Crippen LogP contribution in [0.2, 0.25) is 0 Å². The molecule has 0 aliphatic rings. The van der Waals surface area contributed by atoms with Crippen LogP contribution in [0.4, 0.5) is 0 Å². The smallest absolute Gasteiger partial charge is 0.167 e. The zero-order valence-corrected chi connectivity index (χ0v) is 36.8. The zero-order valence-electron chi connectivity index (χ0n) is 41.8. The van der Waals surface area contributed by atoms with Gasteiger partial charge in [0.05, 0.1) is 34.5 Å². The zero-order chi connectivity index (χ0) is 49.8. The van der Waals surface area contributed by atoms with Crippen molar-refractivity contribution in [3.63, 3.8) is 0 Å². The summed E-state index contributed by atoms with van der Waals surface area (Å²) in [6.45, 7) is 0. The maximum Gasteiger partial charge on any atom is 0.167 e. The van der Waals surface area contributed by atoms with Crippen molar-refractivity contribution in [2.75, 3.05) is 0 Å². The van der Waals surface area contributed by atoms with Gasteiger partial charge >= 0.3 is 0 Å². The third kappa shape index (κ3) is 6.38. The molecule has 0 amide bonds. The van der Waals surface area contributed by atoms with Crippen molar-refractivity contribution in [1.29, 1.82) is 0 Å². The highest BCUT2D eigenvalue weighted by molar-refractivity contribution is 6.14. The molecule has 0 aliphatic carbocycles. The fourth-order valence-electron chi connectivity index (χ4n) is 10.1. The predicted molar refractivity (Wildman–Crippen MR) is 283 cm³/mol. The van der Waals surface area contributed by atoms with E-state index >= 15 is 0 Å². The van der Waals surface area contributed by atoms with Gasteiger partial charge in [-0.2, -0.15) is 0 Å². The summed E-state index contributed by atoms with van der Waals surface area (Å²) >= 11 is 0. The molecule has 0 unspecified atom stereocenters. The molecule has 4 aromatic heterocycles. The molecule has 4 heterocycles. The topological polar surface area (TPSA) is 61.7 Å². The lowest BCUT2D eigenvalue weighted by atomic mass is 9.97. The minimum absolute atomic E-state index is 0.0686. The van der Waals surface area contributed by atoms with Crippen molar-refractivity contribution in [1.82, 2.24) is 24.1 Å². The number of benzene rings is 10. The average molecular weight is 887 g/mol. The Morgan fingerprint density at radius 1 is 0.333 bits per heavy atom. The van der Waals surface area contributed by atoms with Gasteiger partial charge in [-0.25, -0.2) is 15.0 Å². The minimum Gasteiger partial charge on any atom is -0.455 e. The van der Waals surface area contributed by atoms with E-state index in [1.165, 1.54) is 0 Å². The first-order valence-corrected chi connectivity index (χ1v) is 22.8. The van der Waals surface area contributed by atoms with Gasteiger partial charge in [0.1, 0.15) is 11.2 Å². The first-order chi connectivity index (χ1) is 36.3. The summed E-state index contributed by atoms with van der Waals surface area (Å²) in [6.07, 6.45) is 0. The van der Waals surface area contributed by atoms with Gasteiger partial charge in [0.25, 0.3) is 0 Å². The Bertz CT molecular complexity index is 4540. The Morgan fingerprint density at radius 2 is 0.855 bits per heavy atom. The van der Waals surface area contributed by atoms with Crippen LogP contribution in [0, 0.1) is 0 Å². The molecule has 6 heteroatoms. The third-order valence-electron chi connectivity index (χ3n) is 13.2. The Morgan fingerprint density at radius 3 is 1.57 bits per heavy atom. The third-order valence-corrected chi connectivity index (χ3v) is 13.2. The molecule has 14 rings (SSSR count). The second-order valence-corrected chi connectivity index (χ2v) is 17.2. The lowest BCUT2D eigenvalue weighted by Gasteiger charge is -2.13. The molecule has 0 atom stereocenters. The van der Waals surface area contributed by atoms with Crippen LogP contribution < -0.4 is 0 Å². The van der Waals surface area contributed by atoms with Crippen LogP contribution in [0.15, 0.2) is 241 Å². The predicted octanol–water partition coefficient (Wildman–Crippen LogP) is 16.3. The van der Waals surface area contributed by atoms with Gasteiger partial charge in [0.2, 0.25) is 0 Å². The fourth-order valence-corrected chi connectivity index (χ4v) is 10.1. The van der Waals surface area contributed by atoms with Crippen molar-refractivity contribution < 1.29 is 11.3 Å². The fraction of sp³-hybridized carbons (Fsp3) is 0. The maximum absolute atomic E-state index is 9.15. The summed E-state index contributed by atoms with van der Waals surface area (Å²) < 4.78 is 55.6. The second kappa shape index (κ2) is 15.6. The van der Waals surface area contributed by atoms with Gasteiger partial charge in [-0.3, -0.25) is 0 Å². The first kappa shape index (κ1) is 34.0. The summed E-state index contributed by atoms with van der Waals surface area (Å²) in [4.78, 5) is 15.4. The summed E-state index contributed by atoms with van der Waals surface area (Å²) in [5.74, 6) is 0.384. The van der Waals surface area contributed by atoms with Crippen LogP contribution in [0.5, 0.6) is 0 Å². The Kier molecular flexibility index (Phi) is 7.69. The second-order valence-electron chi connectivity index (χ2n) is 17.2. The average Bonchev–Trinajstić information content (AvgIpc) is 4.12. The van der Waals surface area contributed by atoms with Crippen molar-refractivity contribution in [2.45, 2.75) is 0 Å². The van der Waals surface area contributed by atoms with Gasteiger partial charge in [0, 0.05) is 54.8 Å². The number of aromatic nitrogens is 5. The normalized spacial score (nSPS) is 12.8. The molecule has 0 aliphatic heterocycles. The Balaban J connectivity index is 1.06. The maximum atomic E-state index is 9.15. The molecule has 322 valence electrons. The van der Waals surface area contributed by atoms with Crippen LogP contribution in [-0.4, -0.2) is 24.1 Å². The number of nitrogens with zero attached hydrogens (tertiary/aromatic N) is 5. The molecular weight excluding hydrogens is 843 g/mol. The quantitative estimate of drug-likeness (QED) is 0.160. The lowest BCUT2D eigenvalue weighted by molar-refractivity contribution is 0.669. The SMILES string of the molecule is [2H]c1c([2H])c([2H])c(-c2nc(-c3ccc4c(c3)c3ccccc3n4-c3ccccc3)nc(-c3cc(-n4c5ccccc5c5ccccc54)cc4c3oc3ccc(-c5cccc(-c6ccccc6)c5)cc34)n2)c([2H])c1[2H]. The van der Waals surface area contributed by atoms with Crippen LogP contribution in [0.1, 0.15) is 6.85 Å². The first-order valence-electron chi connectivity index (χ1n) is 25.3. The van der Waals surface area contributed by atoms with Crippen molar-refractivity contribution in [3.8, 4) is 67.8 Å². The van der Waals surface area contributed by atoms with E-state index < -0.39 is 30.2 Å². The summed E-state index contributed by atoms with van der Waals surface area (Å²) in [7, 11) is 0. The van der Waals surface area contributed by atoms with E-state index in [0.717, 1.165) is 88.0 Å². The summed E-state index contributed by atoms with van der Waals surface area (Å²) in [6, 6.07) is 68.2. The van der Waals surface area contributed by atoms with E-state index in [1.807, 2.05) is 78.9 Å². The van der Waals surface area contributed by atoms with E-state index in [9.17, 15) is 0 Å². The number of furan rings is 1. The highest BCUT2D eigenvalue weighted by Crippen LogP contribution is 2.42. The Hall–Kier alpha value is -9.39. The van der Waals surface area contributed by atoms with E-state index in [4.69, 9.17) is 26.2 Å². The van der Waals surface area contributed by atoms with E-state index in [1.54, 1.807) is 0 Å². The van der Waals surface area contributed by atoms with E-state index in [2.05, 4.69) is 137 Å². The van der Waals surface area contributed by atoms with E-state index in [-0.39, 0.29) is 23.0 Å². The molecule has 0 saturated heterocycles. The molecular formula is C63H39N5O. The molecule has 6 nitrogen and oxygen atoms in total. The molecule has 10 aromatic carbocycles. The van der Waals surface area contributed by atoms with Crippen molar-refractivity contribution in [2.24, 2.45) is 0 Å². The van der Waals surface area contributed by atoms with E-state index in [0.29, 0.717) is 22.3 Å².